The van der Waals surface area contributed by atoms with Gasteiger partial charge in [0.2, 0.25) is 5.91 Å². The lowest BCUT2D eigenvalue weighted by molar-refractivity contribution is -0.135. The van der Waals surface area contributed by atoms with E-state index in [9.17, 15) is 9.59 Å². The Kier molecular flexibility index (Phi) is 6.07. The van der Waals surface area contributed by atoms with E-state index in [0.717, 1.165) is 52.1 Å². The summed E-state index contributed by atoms with van der Waals surface area (Å²) in [5.41, 5.74) is 6.15. The molecule has 9 nitrogen and oxygen atoms in total. The highest BCUT2D eigenvalue weighted by molar-refractivity contribution is 6.00. The van der Waals surface area contributed by atoms with Gasteiger partial charge in [0, 0.05) is 30.1 Å². The number of hydrogen-bond donors (Lipinski definition) is 4. The maximum Gasteiger partial charge on any atom is 0.407 e. The lowest BCUT2D eigenvalue weighted by Gasteiger charge is -2.30. The van der Waals surface area contributed by atoms with Crippen molar-refractivity contribution in [2.75, 3.05) is 13.7 Å². The van der Waals surface area contributed by atoms with Crippen LogP contribution in [0.5, 0.6) is 0 Å². The number of hydrogen-bond acceptors (Lipinski definition) is 4. The number of nitrogens with one attached hydrogen (secondary N) is 4. The molecule has 9 heteroatoms. The third kappa shape index (κ3) is 4.18. The highest BCUT2D eigenvalue weighted by Crippen LogP contribution is 2.36. The van der Waals surface area contributed by atoms with E-state index in [2.05, 4.69) is 37.4 Å². The van der Waals surface area contributed by atoms with Gasteiger partial charge in [-0.1, -0.05) is 44.2 Å². The van der Waals surface area contributed by atoms with Crippen LogP contribution in [-0.4, -0.2) is 56.5 Å². The third-order valence-corrected chi connectivity index (χ3v) is 6.72. The van der Waals surface area contributed by atoms with E-state index >= 15 is 0 Å². The summed E-state index contributed by atoms with van der Waals surface area (Å²) in [6.45, 7) is 4.44. The van der Waals surface area contributed by atoms with Crippen LogP contribution in [0, 0.1) is 5.92 Å². The molecule has 2 atom stereocenters. The number of alkyl carbamates (subject to hydrolysis) is 1. The molecule has 0 spiro atoms. The second-order valence-electron chi connectivity index (χ2n) is 9.25. The quantitative estimate of drug-likeness (QED) is 0.327. The Morgan fingerprint density at radius 3 is 2.54 bits per heavy atom. The summed E-state index contributed by atoms with van der Waals surface area (Å²) in [6.07, 6.45) is 6.87. The van der Waals surface area contributed by atoms with Crippen LogP contribution >= 0.6 is 0 Å². The number of carbonyl (C=O) groups is 2. The van der Waals surface area contributed by atoms with Crippen LogP contribution in [0.3, 0.4) is 0 Å². The minimum absolute atomic E-state index is 0.0742. The van der Waals surface area contributed by atoms with Gasteiger partial charge in [-0.2, -0.15) is 0 Å². The Labute approximate surface area is 203 Å². The molecule has 4 aromatic rings. The zero-order valence-corrected chi connectivity index (χ0v) is 20.1. The van der Waals surface area contributed by atoms with Crippen LogP contribution in [0.15, 0.2) is 48.9 Å². The molecule has 0 aliphatic carbocycles. The summed E-state index contributed by atoms with van der Waals surface area (Å²) in [6, 6.07) is 9.40. The zero-order chi connectivity index (χ0) is 24.5. The second-order valence-corrected chi connectivity index (χ2v) is 9.25. The van der Waals surface area contributed by atoms with E-state index in [1.807, 2.05) is 55.5 Å². The smallest absolute Gasteiger partial charge is 0.407 e. The Hall–Kier alpha value is -4.01. The van der Waals surface area contributed by atoms with Gasteiger partial charge >= 0.3 is 6.09 Å². The van der Waals surface area contributed by atoms with Gasteiger partial charge in [0.15, 0.2) is 0 Å². The first-order chi connectivity index (χ1) is 17.0. The van der Waals surface area contributed by atoms with Gasteiger partial charge in [-0.25, -0.2) is 9.78 Å². The number of aromatic nitrogens is 4. The fraction of sp³-hybridized carbons (Fsp3) is 0.346. The van der Waals surface area contributed by atoms with Gasteiger partial charge < -0.3 is 29.9 Å². The number of imidazole rings is 1. The highest BCUT2D eigenvalue weighted by atomic mass is 16.5. The van der Waals surface area contributed by atoms with Crippen molar-refractivity contribution in [2.45, 2.75) is 38.8 Å². The predicted octanol–water partition coefficient (Wildman–Crippen LogP) is 4.60. The molecule has 0 radical (unpaired) electrons. The number of fused-ring (bicyclic) bond motifs is 1. The number of carbonyl (C=O) groups excluding carboxylic acids is 2. The number of methoxy groups -OCH3 is 1. The molecule has 5 rings (SSSR count). The Morgan fingerprint density at radius 1 is 1.11 bits per heavy atom. The van der Waals surface area contributed by atoms with Crippen molar-refractivity contribution in [3.05, 3.63) is 54.7 Å². The number of benzene rings is 1. The molecule has 4 heterocycles. The number of likely N-dealkylation sites (tertiary alicyclic amines) is 1. The van der Waals surface area contributed by atoms with Crippen molar-refractivity contribution in [3.8, 4) is 22.4 Å². The van der Waals surface area contributed by atoms with Crippen LogP contribution in [0.25, 0.3) is 33.4 Å². The van der Waals surface area contributed by atoms with E-state index in [4.69, 9.17) is 4.74 Å². The molecule has 1 aliphatic rings. The van der Waals surface area contributed by atoms with Crippen LogP contribution < -0.4 is 5.32 Å². The van der Waals surface area contributed by atoms with E-state index in [1.54, 1.807) is 0 Å². The molecule has 0 bridgehead atoms. The molecule has 1 fully saturated rings. The normalized spacial score (nSPS) is 16.7. The molecule has 4 N–H and O–H groups in total. The van der Waals surface area contributed by atoms with Crippen LogP contribution in [-0.2, 0) is 9.53 Å². The molecule has 182 valence electrons. The fourth-order valence-corrected chi connectivity index (χ4v) is 4.90. The molecule has 1 aromatic carbocycles. The van der Waals surface area contributed by atoms with Gasteiger partial charge in [0.1, 0.15) is 11.9 Å². The lowest BCUT2D eigenvalue weighted by atomic mass is 10.0. The lowest BCUT2D eigenvalue weighted by Crippen LogP contribution is -2.51. The van der Waals surface area contributed by atoms with Crippen molar-refractivity contribution in [1.82, 2.24) is 30.2 Å². The Bertz CT molecular complexity index is 1340. The predicted molar refractivity (Wildman–Crippen MR) is 134 cm³/mol. The molecular weight excluding hydrogens is 444 g/mol. The van der Waals surface area contributed by atoms with Gasteiger partial charge in [0.05, 0.1) is 36.1 Å². The Balaban J connectivity index is 1.40. The van der Waals surface area contributed by atoms with Crippen molar-refractivity contribution in [3.63, 3.8) is 0 Å². The van der Waals surface area contributed by atoms with Crippen molar-refractivity contribution in [1.29, 1.82) is 0 Å². The first kappa shape index (κ1) is 22.8. The summed E-state index contributed by atoms with van der Waals surface area (Å²) in [5.74, 6) is 0.553. The summed E-state index contributed by atoms with van der Waals surface area (Å²) in [5, 5.41) is 2.69. The molecule has 1 saturated heterocycles. The second kappa shape index (κ2) is 9.32. The first-order valence-electron chi connectivity index (χ1n) is 11.9. The van der Waals surface area contributed by atoms with Crippen molar-refractivity contribution < 1.29 is 14.3 Å². The minimum Gasteiger partial charge on any atom is -0.453 e. The molecule has 35 heavy (non-hydrogen) atoms. The number of ether oxygens (including phenoxy) is 1. The minimum atomic E-state index is -0.655. The van der Waals surface area contributed by atoms with Crippen LogP contribution in [0.4, 0.5) is 4.79 Å². The monoisotopic (exact) mass is 474 g/mol. The highest BCUT2D eigenvalue weighted by Gasteiger charge is 2.37. The number of rotatable bonds is 6. The van der Waals surface area contributed by atoms with Crippen molar-refractivity contribution in [2.24, 2.45) is 5.92 Å². The largest absolute Gasteiger partial charge is 0.453 e. The zero-order valence-electron chi connectivity index (χ0n) is 20.1. The number of H-pyrrole nitrogens is 3. The third-order valence-electron chi connectivity index (χ3n) is 6.72. The van der Waals surface area contributed by atoms with E-state index < -0.39 is 12.1 Å². The first-order valence-corrected chi connectivity index (χ1v) is 11.9. The fourth-order valence-electron chi connectivity index (χ4n) is 4.90. The molecule has 0 saturated carbocycles. The number of aromatic amines is 3. The average Bonchev–Trinajstić information content (AvgIpc) is 3.65. The maximum atomic E-state index is 13.4. The van der Waals surface area contributed by atoms with Gasteiger partial charge in [-0.15, -0.1) is 0 Å². The SMILES string of the molecule is COC(=O)N[C@H](C(=O)N1CCC[C@H]1c1ncc(-c2c[nH]c3c(-c4ccccc4)c[nH]c23)[nH]1)C(C)C. The summed E-state index contributed by atoms with van der Waals surface area (Å²) >= 11 is 0. The van der Waals surface area contributed by atoms with E-state index in [-0.39, 0.29) is 17.9 Å². The summed E-state index contributed by atoms with van der Waals surface area (Å²) in [4.78, 5) is 41.9. The van der Waals surface area contributed by atoms with Gasteiger partial charge in [0.25, 0.3) is 0 Å². The number of amides is 2. The van der Waals surface area contributed by atoms with Crippen LogP contribution in [0.1, 0.15) is 38.6 Å². The topological polar surface area (TPSA) is 119 Å². The van der Waals surface area contributed by atoms with Gasteiger partial charge in [-0.05, 0) is 24.3 Å². The standard InChI is InChI=1S/C26H30N6O3/c1-15(2)21(31-26(34)35-3)25(33)32-11-7-10-20(32)24-29-14-19(30-24)18-13-28-22-17(12-27-23(18)22)16-8-5-4-6-9-16/h4-6,8-9,12-15,20-21,27-28H,7,10-11H2,1-3H3,(H,29,30)(H,31,34)/t20-,21-/m0/s1. The molecule has 1 aliphatic heterocycles. The van der Waals surface area contributed by atoms with Crippen LogP contribution in [0.2, 0.25) is 0 Å². The summed E-state index contributed by atoms with van der Waals surface area (Å²) in [7, 11) is 1.30. The molecular formula is C26H30N6O3. The molecule has 3 aromatic heterocycles. The molecule has 2 amide bonds. The number of nitrogens with zero attached hydrogens (tertiary/aromatic N) is 2. The maximum absolute atomic E-state index is 13.4. The summed E-state index contributed by atoms with van der Waals surface area (Å²) < 4.78 is 4.72. The van der Waals surface area contributed by atoms with Crippen molar-refractivity contribution >= 4 is 23.0 Å². The van der Waals surface area contributed by atoms with E-state index in [1.165, 1.54) is 7.11 Å². The van der Waals surface area contributed by atoms with Gasteiger partial charge in [-0.3, -0.25) is 4.79 Å². The van der Waals surface area contributed by atoms with E-state index in [0.29, 0.717) is 6.54 Å². The molecule has 0 unspecified atom stereocenters. The Morgan fingerprint density at radius 2 is 1.83 bits per heavy atom. The average molecular weight is 475 g/mol.